The molecule has 4 rings (SSSR count). The number of aromatic nitrogens is 2. The second-order valence-electron chi connectivity index (χ2n) is 7.86. The van der Waals surface area contributed by atoms with Crippen LogP contribution in [0.1, 0.15) is 24.8 Å². The summed E-state index contributed by atoms with van der Waals surface area (Å²) in [5.74, 6) is -1.43. The summed E-state index contributed by atoms with van der Waals surface area (Å²) in [4.78, 5) is 36.6. The molecule has 2 aromatic rings. The van der Waals surface area contributed by atoms with E-state index in [-0.39, 0.29) is 29.3 Å². The molecular weight excluding hydrogens is 412 g/mol. The number of carbonyl (C=O) groups excluding carboxylic acids is 3. The summed E-state index contributed by atoms with van der Waals surface area (Å²) in [5.41, 5.74) is 1.43. The topological polar surface area (TPSA) is 137 Å². The van der Waals surface area contributed by atoms with Gasteiger partial charge in [0.1, 0.15) is 0 Å². The van der Waals surface area contributed by atoms with Gasteiger partial charge in [-0.15, -0.1) is 0 Å². The number of urea groups is 1. The van der Waals surface area contributed by atoms with Gasteiger partial charge in [0, 0.05) is 18.2 Å². The molecule has 1 aliphatic carbocycles. The Hall–Kier alpha value is -4.08. The lowest BCUT2D eigenvalue weighted by Gasteiger charge is -2.21. The summed E-state index contributed by atoms with van der Waals surface area (Å²) in [7, 11) is 0. The number of carbonyl (C=O) groups is 3. The van der Waals surface area contributed by atoms with E-state index in [2.05, 4.69) is 32.9 Å². The first-order chi connectivity index (χ1) is 15.4. The van der Waals surface area contributed by atoms with Gasteiger partial charge < -0.3 is 21.1 Å². The van der Waals surface area contributed by atoms with Crippen LogP contribution in [-0.2, 0) is 16.1 Å². The van der Waals surface area contributed by atoms with E-state index in [0.29, 0.717) is 31.5 Å². The molecule has 2 heterocycles. The molecule has 1 aromatic carbocycles. The molecule has 2 aliphatic rings. The van der Waals surface area contributed by atoms with Gasteiger partial charge in [0.2, 0.25) is 5.91 Å². The van der Waals surface area contributed by atoms with Crippen LogP contribution in [0.25, 0.3) is 0 Å². The number of nitrogens with one attached hydrogen (secondary N) is 4. The zero-order chi connectivity index (χ0) is 22.7. The minimum atomic E-state index is -0.644. The molecular formula is C22H24N6O4. The molecule has 0 spiro atoms. The summed E-state index contributed by atoms with van der Waals surface area (Å²) in [5, 5.41) is 24.5. The van der Waals surface area contributed by atoms with Gasteiger partial charge in [-0.3, -0.25) is 19.6 Å². The number of hydrogen-bond donors (Lipinski definition) is 5. The normalized spacial score (nSPS) is 20.5. The van der Waals surface area contributed by atoms with Gasteiger partial charge in [-0.05, 0) is 24.8 Å². The standard InChI is InChI=1S/C22H24N6O4/c1-13-19(29)18(27-22(32)24-13)21(31)25-16-8-7-15(9-16)20(30)26-17-10-23-28(12-17)11-14-5-3-2-4-6-14/h2-6,10,12,15-16,29H,1,7-9,11H2,(H,25,31)(H,26,30)(H2,24,27,32)/t15-,16-/m1/s1. The van der Waals surface area contributed by atoms with Crippen LogP contribution >= 0.6 is 0 Å². The maximum Gasteiger partial charge on any atom is 0.324 e. The Kier molecular flexibility index (Phi) is 5.93. The number of rotatable bonds is 6. The maximum absolute atomic E-state index is 12.7. The highest BCUT2D eigenvalue weighted by Crippen LogP contribution is 2.27. The van der Waals surface area contributed by atoms with E-state index in [4.69, 9.17) is 0 Å². The fraction of sp³-hybridized carbons (Fsp3) is 0.273. The van der Waals surface area contributed by atoms with Gasteiger partial charge in [0.05, 0.1) is 24.1 Å². The quantitative estimate of drug-likeness (QED) is 0.470. The molecule has 166 valence electrons. The summed E-state index contributed by atoms with van der Waals surface area (Å²) in [6.45, 7) is 4.10. The van der Waals surface area contributed by atoms with Crippen LogP contribution in [0.15, 0.2) is 66.5 Å². The Morgan fingerprint density at radius 3 is 2.78 bits per heavy atom. The first kappa shape index (κ1) is 21.2. The van der Waals surface area contributed by atoms with E-state index in [9.17, 15) is 19.5 Å². The third-order valence-electron chi connectivity index (χ3n) is 5.48. The van der Waals surface area contributed by atoms with E-state index in [1.54, 1.807) is 17.1 Å². The third kappa shape index (κ3) is 4.80. The Balaban J connectivity index is 1.29. The van der Waals surface area contributed by atoms with E-state index >= 15 is 0 Å². The van der Waals surface area contributed by atoms with Crippen molar-refractivity contribution in [1.82, 2.24) is 25.7 Å². The zero-order valence-corrected chi connectivity index (χ0v) is 17.3. The molecule has 1 aromatic heterocycles. The maximum atomic E-state index is 12.7. The zero-order valence-electron chi connectivity index (χ0n) is 17.3. The molecule has 2 atom stereocenters. The number of aliphatic hydroxyl groups excluding tert-OH is 1. The van der Waals surface area contributed by atoms with Crippen molar-refractivity contribution in [2.75, 3.05) is 5.32 Å². The Morgan fingerprint density at radius 2 is 2.00 bits per heavy atom. The molecule has 10 heteroatoms. The lowest BCUT2D eigenvalue weighted by Crippen LogP contribution is -2.47. The predicted molar refractivity (Wildman–Crippen MR) is 116 cm³/mol. The monoisotopic (exact) mass is 436 g/mol. The van der Waals surface area contributed by atoms with Crippen LogP contribution < -0.4 is 21.3 Å². The van der Waals surface area contributed by atoms with Crippen molar-refractivity contribution in [2.24, 2.45) is 5.92 Å². The second kappa shape index (κ2) is 8.96. The molecule has 10 nitrogen and oxygen atoms in total. The van der Waals surface area contributed by atoms with Crippen molar-refractivity contribution in [1.29, 1.82) is 0 Å². The second-order valence-corrected chi connectivity index (χ2v) is 7.86. The predicted octanol–water partition coefficient (Wildman–Crippen LogP) is 1.75. The van der Waals surface area contributed by atoms with Crippen LogP contribution in [0.4, 0.5) is 10.5 Å². The summed E-state index contributed by atoms with van der Waals surface area (Å²) in [6.07, 6.45) is 5.06. The number of aliphatic hydroxyl groups is 1. The number of amides is 4. The molecule has 1 fully saturated rings. The van der Waals surface area contributed by atoms with Crippen LogP contribution in [0.5, 0.6) is 0 Å². The molecule has 0 unspecified atom stereocenters. The van der Waals surface area contributed by atoms with Gasteiger partial charge in [-0.25, -0.2) is 4.79 Å². The summed E-state index contributed by atoms with van der Waals surface area (Å²) >= 11 is 0. The molecule has 5 N–H and O–H groups in total. The SMILES string of the molecule is C=C1NC(=O)NC(C(=O)N[C@@H]2CC[C@@H](C(=O)Nc3cnn(Cc4ccccc4)c3)C2)=C1O. The van der Waals surface area contributed by atoms with Crippen molar-refractivity contribution in [3.63, 3.8) is 0 Å². The third-order valence-corrected chi connectivity index (χ3v) is 5.48. The van der Waals surface area contributed by atoms with Crippen LogP contribution in [0.2, 0.25) is 0 Å². The van der Waals surface area contributed by atoms with Crippen molar-refractivity contribution >= 4 is 23.5 Å². The Labute approximate surface area is 184 Å². The minimum absolute atomic E-state index is 0.0459. The van der Waals surface area contributed by atoms with Gasteiger partial charge in [-0.1, -0.05) is 36.9 Å². The van der Waals surface area contributed by atoms with E-state index in [1.165, 1.54) is 0 Å². The van der Waals surface area contributed by atoms with Gasteiger partial charge in [0.15, 0.2) is 11.5 Å². The number of anilines is 1. The smallest absolute Gasteiger partial charge is 0.324 e. The number of nitrogens with zero attached hydrogens (tertiary/aromatic N) is 2. The summed E-state index contributed by atoms with van der Waals surface area (Å²) in [6, 6.07) is 9.00. The van der Waals surface area contributed by atoms with Gasteiger partial charge >= 0.3 is 6.03 Å². The van der Waals surface area contributed by atoms with Crippen molar-refractivity contribution in [2.45, 2.75) is 31.8 Å². The highest BCUT2D eigenvalue weighted by Gasteiger charge is 2.33. The fourth-order valence-electron chi connectivity index (χ4n) is 3.85. The highest BCUT2D eigenvalue weighted by molar-refractivity contribution is 6.00. The number of benzene rings is 1. The lowest BCUT2D eigenvalue weighted by atomic mass is 10.1. The van der Waals surface area contributed by atoms with Crippen LogP contribution in [-0.4, -0.2) is 38.8 Å². The van der Waals surface area contributed by atoms with Crippen molar-refractivity contribution in [3.05, 3.63) is 72.0 Å². The molecule has 0 bridgehead atoms. The van der Waals surface area contributed by atoms with E-state index in [0.717, 1.165) is 5.56 Å². The first-order valence-corrected chi connectivity index (χ1v) is 10.3. The molecule has 1 saturated carbocycles. The van der Waals surface area contributed by atoms with E-state index in [1.807, 2.05) is 30.3 Å². The number of hydrogen-bond acceptors (Lipinski definition) is 5. The van der Waals surface area contributed by atoms with Crippen LogP contribution in [0.3, 0.4) is 0 Å². The summed E-state index contributed by atoms with van der Waals surface area (Å²) < 4.78 is 1.75. The molecule has 4 amide bonds. The van der Waals surface area contributed by atoms with Crippen molar-refractivity contribution in [3.8, 4) is 0 Å². The van der Waals surface area contributed by atoms with Crippen LogP contribution in [0, 0.1) is 5.92 Å². The average Bonchev–Trinajstić information content (AvgIpc) is 3.41. The van der Waals surface area contributed by atoms with Crippen molar-refractivity contribution < 1.29 is 19.5 Å². The molecule has 0 radical (unpaired) electrons. The minimum Gasteiger partial charge on any atom is -0.504 e. The average molecular weight is 436 g/mol. The Morgan fingerprint density at radius 1 is 1.22 bits per heavy atom. The fourth-order valence-corrected chi connectivity index (χ4v) is 3.85. The Bertz CT molecular complexity index is 1090. The molecule has 1 aliphatic heterocycles. The largest absolute Gasteiger partial charge is 0.504 e. The molecule has 0 saturated heterocycles. The lowest BCUT2D eigenvalue weighted by molar-refractivity contribution is -0.121. The highest BCUT2D eigenvalue weighted by atomic mass is 16.3. The van der Waals surface area contributed by atoms with Gasteiger partial charge in [0.25, 0.3) is 5.91 Å². The van der Waals surface area contributed by atoms with E-state index < -0.39 is 17.7 Å². The molecule has 32 heavy (non-hydrogen) atoms. The van der Waals surface area contributed by atoms with Gasteiger partial charge in [-0.2, -0.15) is 5.10 Å². The first-order valence-electron chi connectivity index (χ1n) is 10.3.